The van der Waals surface area contributed by atoms with Crippen LogP contribution in [0, 0.1) is 0 Å². The van der Waals surface area contributed by atoms with Crippen molar-refractivity contribution in [3.8, 4) is 5.75 Å². The van der Waals surface area contributed by atoms with E-state index in [1.54, 1.807) is 0 Å². The van der Waals surface area contributed by atoms with E-state index in [2.05, 4.69) is 23.6 Å². The van der Waals surface area contributed by atoms with Gasteiger partial charge in [0.25, 0.3) is 0 Å². The van der Waals surface area contributed by atoms with E-state index in [1.165, 1.54) is 5.56 Å². The Morgan fingerprint density at radius 3 is 2.29 bits per heavy atom. The lowest BCUT2D eigenvalue weighted by Gasteiger charge is -2.15. The highest BCUT2D eigenvalue weighted by atomic mass is 32.1. The maximum Gasteiger partial charge on any atom is 0.175 e. The van der Waals surface area contributed by atoms with Crippen LogP contribution in [0.5, 0.6) is 5.75 Å². The van der Waals surface area contributed by atoms with E-state index in [9.17, 15) is 0 Å². The predicted octanol–water partition coefficient (Wildman–Crippen LogP) is 4.46. The molecule has 0 fully saturated rings. The number of rotatable bonds is 5. The number of anilines is 2. The number of aryl methyl sites for hydroxylation is 1. The second kappa shape index (κ2) is 7.64. The van der Waals surface area contributed by atoms with Crippen LogP contribution in [-0.2, 0) is 6.42 Å². The van der Waals surface area contributed by atoms with Crippen molar-refractivity contribution in [2.45, 2.75) is 20.3 Å². The number of thiocarbonyl (C=S) groups is 1. The minimum Gasteiger partial charge on any atom is -0.492 e. The number of hydrogen-bond acceptors (Lipinski definition) is 2. The summed E-state index contributed by atoms with van der Waals surface area (Å²) in [5.41, 5.74) is 3.14. The predicted molar refractivity (Wildman–Crippen MR) is 93.3 cm³/mol. The van der Waals surface area contributed by atoms with Gasteiger partial charge in [0.05, 0.1) is 12.3 Å². The molecule has 0 spiro atoms. The van der Waals surface area contributed by atoms with Crippen LogP contribution >= 0.6 is 12.2 Å². The fraction of sp³-hybridized carbons (Fsp3) is 0.235. The molecular weight excluding hydrogens is 280 g/mol. The van der Waals surface area contributed by atoms with Crippen LogP contribution in [0.25, 0.3) is 0 Å². The maximum absolute atomic E-state index is 5.58. The van der Waals surface area contributed by atoms with Crippen molar-refractivity contribution >= 4 is 28.7 Å². The van der Waals surface area contributed by atoms with Crippen LogP contribution in [0.3, 0.4) is 0 Å². The fourth-order valence-electron chi connectivity index (χ4n) is 2.08. The highest BCUT2D eigenvalue weighted by Crippen LogP contribution is 2.24. The van der Waals surface area contributed by atoms with Crippen molar-refractivity contribution in [3.63, 3.8) is 0 Å². The first-order chi connectivity index (χ1) is 10.2. The molecule has 0 aromatic heterocycles. The number of nitrogens with one attached hydrogen (secondary N) is 2. The highest BCUT2D eigenvalue weighted by molar-refractivity contribution is 7.80. The topological polar surface area (TPSA) is 33.3 Å². The average molecular weight is 300 g/mol. The molecule has 0 bridgehead atoms. The van der Waals surface area contributed by atoms with Crippen molar-refractivity contribution in [1.29, 1.82) is 0 Å². The molecule has 2 aromatic rings. The monoisotopic (exact) mass is 300 g/mol. The molecule has 0 aliphatic heterocycles. The molecule has 4 heteroatoms. The van der Waals surface area contributed by atoms with Gasteiger partial charge in [-0.15, -0.1) is 0 Å². The zero-order chi connectivity index (χ0) is 15.1. The van der Waals surface area contributed by atoms with E-state index in [4.69, 9.17) is 17.0 Å². The Hall–Kier alpha value is -2.07. The first-order valence-electron chi connectivity index (χ1n) is 7.12. The first kappa shape index (κ1) is 15.3. The van der Waals surface area contributed by atoms with Gasteiger partial charge in [0.1, 0.15) is 5.75 Å². The van der Waals surface area contributed by atoms with Gasteiger partial charge in [-0.1, -0.05) is 37.3 Å². The van der Waals surface area contributed by atoms with Crippen LogP contribution in [0.4, 0.5) is 11.4 Å². The number of ether oxygens (including phenoxy) is 1. The molecule has 2 N–H and O–H groups in total. The molecule has 110 valence electrons. The summed E-state index contributed by atoms with van der Waals surface area (Å²) in [6.07, 6.45) is 0.960. The standard InChI is InChI=1S/C17H20N2OS/c1-3-13-9-5-6-10-14(13)18-17(21)19-15-11-7-8-12-16(15)20-4-2/h5-12H,3-4H2,1-2H3,(H2,18,19,21). The van der Waals surface area contributed by atoms with Gasteiger partial charge in [0.15, 0.2) is 5.11 Å². The average Bonchev–Trinajstić information content (AvgIpc) is 2.50. The minimum atomic E-state index is 0.558. The maximum atomic E-state index is 5.58. The molecule has 0 radical (unpaired) electrons. The number of hydrogen-bond donors (Lipinski definition) is 2. The van der Waals surface area contributed by atoms with Crippen molar-refractivity contribution in [2.24, 2.45) is 0 Å². The zero-order valence-electron chi connectivity index (χ0n) is 12.3. The summed E-state index contributed by atoms with van der Waals surface area (Å²) in [4.78, 5) is 0. The molecule has 0 amide bonds. The van der Waals surface area contributed by atoms with E-state index < -0.39 is 0 Å². The highest BCUT2D eigenvalue weighted by Gasteiger charge is 2.06. The quantitative estimate of drug-likeness (QED) is 0.799. The molecular formula is C17H20N2OS. The molecule has 0 saturated carbocycles. The van der Waals surface area contributed by atoms with Crippen molar-refractivity contribution < 1.29 is 4.74 Å². The normalized spacial score (nSPS) is 10.0. The zero-order valence-corrected chi connectivity index (χ0v) is 13.2. The summed E-state index contributed by atoms with van der Waals surface area (Å²) in [6.45, 7) is 4.71. The molecule has 0 unspecified atom stereocenters. The van der Waals surface area contributed by atoms with Gasteiger partial charge in [0, 0.05) is 5.69 Å². The second-order valence-electron chi connectivity index (χ2n) is 4.52. The van der Waals surface area contributed by atoms with E-state index in [1.807, 2.05) is 49.4 Å². The molecule has 0 aliphatic carbocycles. The Bertz CT molecular complexity index is 613. The molecule has 3 nitrogen and oxygen atoms in total. The summed E-state index contributed by atoms with van der Waals surface area (Å²) in [6, 6.07) is 15.9. The molecule has 0 heterocycles. The summed E-state index contributed by atoms with van der Waals surface area (Å²) in [5, 5.41) is 6.99. The second-order valence-corrected chi connectivity index (χ2v) is 4.93. The summed E-state index contributed by atoms with van der Waals surface area (Å²) < 4.78 is 5.58. The molecule has 0 aliphatic rings. The molecule has 2 rings (SSSR count). The van der Waals surface area contributed by atoms with Crippen LogP contribution < -0.4 is 15.4 Å². The van der Waals surface area contributed by atoms with E-state index >= 15 is 0 Å². The van der Waals surface area contributed by atoms with Crippen LogP contribution in [0.15, 0.2) is 48.5 Å². The summed E-state index contributed by atoms with van der Waals surface area (Å²) in [5.74, 6) is 0.799. The fourth-order valence-corrected chi connectivity index (χ4v) is 2.30. The minimum absolute atomic E-state index is 0.558. The smallest absolute Gasteiger partial charge is 0.175 e. The Labute approximate surface area is 131 Å². The Kier molecular flexibility index (Phi) is 5.58. The molecule has 0 atom stereocenters. The van der Waals surface area contributed by atoms with E-state index in [0.717, 1.165) is 23.5 Å². The third-order valence-electron chi connectivity index (χ3n) is 3.08. The number of para-hydroxylation sites is 3. The van der Waals surface area contributed by atoms with E-state index in [0.29, 0.717) is 11.7 Å². The number of benzene rings is 2. The van der Waals surface area contributed by atoms with Gasteiger partial charge in [-0.05, 0) is 49.3 Å². The van der Waals surface area contributed by atoms with Gasteiger partial charge in [0.2, 0.25) is 0 Å². The molecule has 0 saturated heterocycles. The summed E-state index contributed by atoms with van der Waals surface area (Å²) >= 11 is 5.39. The first-order valence-corrected chi connectivity index (χ1v) is 7.53. The SMILES string of the molecule is CCOc1ccccc1NC(=S)Nc1ccccc1CC. The summed E-state index contributed by atoms with van der Waals surface area (Å²) in [7, 11) is 0. The Morgan fingerprint density at radius 1 is 0.952 bits per heavy atom. The van der Waals surface area contributed by atoms with Crippen molar-refractivity contribution in [1.82, 2.24) is 0 Å². The lowest BCUT2D eigenvalue weighted by molar-refractivity contribution is 0.342. The van der Waals surface area contributed by atoms with Gasteiger partial charge in [-0.25, -0.2) is 0 Å². The largest absolute Gasteiger partial charge is 0.492 e. The van der Waals surface area contributed by atoms with Crippen molar-refractivity contribution in [2.75, 3.05) is 17.2 Å². The van der Waals surface area contributed by atoms with Gasteiger partial charge in [-0.2, -0.15) is 0 Å². The lowest BCUT2D eigenvalue weighted by atomic mass is 10.1. The molecule has 2 aromatic carbocycles. The van der Waals surface area contributed by atoms with Gasteiger partial charge < -0.3 is 15.4 Å². The van der Waals surface area contributed by atoms with Crippen LogP contribution in [0.2, 0.25) is 0 Å². The van der Waals surface area contributed by atoms with Crippen molar-refractivity contribution in [3.05, 3.63) is 54.1 Å². The Balaban J connectivity index is 2.08. The van der Waals surface area contributed by atoms with Crippen LogP contribution in [-0.4, -0.2) is 11.7 Å². The lowest BCUT2D eigenvalue weighted by Crippen LogP contribution is -2.20. The van der Waals surface area contributed by atoms with Gasteiger partial charge in [-0.3, -0.25) is 0 Å². The Morgan fingerprint density at radius 2 is 1.57 bits per heavy atom. The third kappa shape index (κ3) is 4.20. The van der Waals surface area contributed by atoms with Gasteiger partial charge >= 0.3 is 0 Å². The third-order valence-corrected chi connectivity index (χ3v) is 3.29. The van der Waals surface area contributed by atoms with E-state index in [-0.39, 0.29) is 0 Å². The van der Waals surface area contributed by atoms with Crippen LogP contribution in [0.1, 0.15) is 19.4 Å². The molecule has 21 heavy (non-hydrogen) atoms.